The van der Waals surface area contributed by atoms with Crippen molar-refractivity contribution in [3.05, 3.63) is 89.3 Å². The van der Waals surface area contributed by atoms with E-state index >= 15 is 0 Å². The molecule has 3 aromatic rings. The minimum Gasteiger partial charge on any atom is -0.448 e. The Morgan fingerprint density at radius 2 is 1.75 bits per heavy atom. The van der Waals surface area contributed by atoms with Gasteiger partial charge in [0.25, 0.3) is 0 Å². The standard InChI is InChI=1S/C21H12Br2ClF3N2O3/c1-11-2-4-14(9-17(11)24)28-10-12-6-15(22)20(16(23)7-12)32-19-5-3-13(21(25,26)27)8-18(19)29(30)31/h2-10H,1H3. The first kappa shape index (κ1) is 24.2. The van der Waals surface area contributed by atoms with Gasteiger partial charge in [0.1, 0.15) is 0 Å². The summed E-state index contributed by atoms with van der Waals surface area (Å²) in [5.74, 6) is -0.177. The van der Waals surface area contributed by atoms with E-state index in [0.29, 0.717) is 31.3 Å². The number of hydrogen-bond acceptors (Lipinski definition) is 4. The molecular weight excluding hydrogens is 580 g/mol. The summed E-state index contributed by atoms with van der Waals surface area (Å²) in [7, 11) is 0. The maximum atomic E-state index is 12.9. The third-order valence-electron chi connectivity index (χ3n) is 4.23. The van der Waals surface area contributed by atoms with Gasteiger partial charge in [-0.3, -0.25) is 15.1 Å². The molecule has 0 aliphatic carbocycles. The zero-order valence-corrected chi connectivity index (χ0v) is 20.0. The molecule has 0 bridgehead atoms. The molecule has 0 aliphatic rings. The highest BCUT2D eigenvalue weighted by molar-refractivity contribution is 9.11. The summed E-state index contributed by atoms with van der Waals surface area (Å²) in [5.41, 5.74) is 0.288. The van der Waals surface area contributed by atoms with E-state index in [1.807, 2.05) is 19.1 Å². The van der Waals surface area contributed by atoms with Crippen LogP contribution in [0.5, 0.6) is 11.5 Å². The van der Waals surface area contributed by atoms with Crippen molar-refractivity contribution in [3.63, 3.8) is 0 Å². The lowest BCUT2D eigenvalue weighted by atomic mass is 10.2. The minimum absolute atomic E-state index is 0.156. The van der Waals surface area contributed by atoms with Crippen LogP contribution in [0.15, 0.2) is 62.5 Å². The van der Waals surface area contributed by atoms with Crippen LogP contribution in [0.3, 0.4) is 0 Å². The van der Waals surface area contributed by atoms with Crippen molar-refractivity contribution in [1.82, 2.24) is 0 Å². The maximum absolute atomic E-state index is 12.9. The molecule has 0 spiro atoms. The van der Waals surface area contributed by atoms with Crippen molar-refractivity contribution in [2.75, 3.05) is 0 Å². The molecule has 0 unspecified atom stereocenters. The van der Waals surface area contributed by atoms with Crippen LogP contribution in [0.2, 0.25) is 5.02 Å². The van der Waals surface area contributed by atoms with Crippen LogP contribution in [-0.4, -0.2) is 11.1 Å². The summed E-state index contributed by atoms with van der Waals surface area (Å²) in [4.78, 5) is 14.7. The van der Waals surface area contributed by atoms with E-state index in [1.165, 1.54) is 0 Å². The second kappa shape index (κ2) is 9.60. The van der Waals surface area contributed by atoms with Gasteiger partial charge in [-0.15, -0.1) is 0 Å². The molecule has 0 N–H and O–H groups in total. The van der Waals surface area contributed by atoms with Crippen LogP contribution in [0.25, 0.3) is 0 Å². The third kappa shape index (κ3) is 5.67. The topological polar surface area (TPSA) is 64.7 Å². The average molecular weight is 593 g/mol. The molecule has 0 fully saturated rings. The molecule has 0 radical (unpaired) electrons. The molecule has 0 amide bonds. The van der Waals surface area contributed by atoms with Gasteiger partial charge in [0.05, 0.1) is 25.1 Å². The van der Waals surface area contributed by atoms with E-state index in [9.17, 15) is 23.3 Å². The van der Waals surface area contributed by atoms with Crippen LogP contribution < -0.4 is 4.74 Å². The molecular formula is C21H12Br2ClF3N2O3. The van der Waals surface area contributed by atoms with Crippen molar-refractivity contribution in [2.45, 2.75) is 13.1 Å². The van der Waals surface area contributed by atoms with Crippen LogP contribution in [-0.2, 0) is 6.18 Å². The highest BCUT2D eigenvalue weighted by Crippen LogP contribution is 2.42. The molecule has 166 valence electrons. The third-order valence-corrected chi connectivity index (χ3v) is 5.82. The number of aliphatic imine (C=N–C) groups is 1. The zero-order chi connectivity index (χ0) is 23.6. The van der Waals surface area contributed by atoms with Crippen molar-refractivity contribution in [3.8, 4) is 11.5 Å². The van der Waals surface area contributed by atoms with E-state index in [2.05, 4.69) is 36.9 Å². The molecule has 0 aliphatic heterocycles. The van der Waals surface area contributed by atoms with Gasteiger partial charge in [-0.05, 0) is 86.3 Å². The molecule has 32 heavy (non-hydrogen) atoms. The number of ether oxygens (including phenoxy) is 1. The van der Waals surface area contributed by atoms with E-state index < -0.39 is 22.4 Å². The Labute approximate surface area is 202 Å². The lowest BCUT2D eigenvalue weighted by molar-refractivity contribution is -0.385. The molecule has 3 aromatic carbocycles. The fourth-order valence-corrected chi connectivity index (χ4v) is 4.15. The Morgan fingerprint density at radius 1 is 1.09 bits per heavy atom. The number of nitro groups is 1. The highest BCUT2D eigenvalue weighted by atomic mass is 79.9. The summed E-state index contributed by atoms with van der Waals surface area (Å²) >= 11 is 12.7. The Hall–Kier alpha value is -2.43. The highest BCUT2D eigenvalue weighted by Gasteiger charge is 2.33. The molecule has 5 nitrogen and oxygen atoms in total. The first-order valence-corrected chi connectivity index (χ1v) is 10.7. The Balaban J connectivity index is 1.91. The fourth-order valence-electron chi connectivity index (χ4n) is 2.60. The summed E-state index contributed by atoms with van der Waals surface area (Å²) in [6.07, 6.45) is -3.13. The van der Waals surface area contributed by atoms with Crippen LogP contribution in [0, 0.1) is 17.0 Å². The molecule has 0 atom stereocenters. The normalized spacial score (nSPS) is 11.7. The number of alkyl halides is 3. The second-order valence-corrected chi connectivity index (χ2v) is 8.66. The molecule has 3 rings (SSSR count). The SMILES string of the molecule is Cc1ccc(N=Cc2cc(Br)c(Oc3ccc(C(F)(F)F)cc3[N+](=O)[O-])c(Br)c2)cc1Cl. The van der Waals surface area contributed by atoms with Crippen LogP contribution in [0.4, 0.5) is 24.5 Å². The molecule has 0 heterocycles. The van der Waals surface area contributed by atoms with Gasteiger partial charge in [-0.2, -0.15) is 13.2 Å². The number of nitro benzene ring substituents is 1. The Morgan fingerprint density at radius 3 is 2.31 bits per heavy atom. The smallest absolute Gasteiger partial charge is 0.416 e. The summed E-state index contributed by atoms with van der Waals surface area (Å²) in [6.45, 7) is 1.88. The monoisotopic (exact) mass is 590 g/mol. The van der Waals surface area contributed by atoms with Crippen molar-refractivity contribution in [2.24, 2.45) is 4.99 Å². The molecule has 0 saturated heterocycles. The molecule has 11 heteroatoms. The fraction of sp³-hybridized carbons (Fsp3) is 0.0952. The first-order chi connectivity index (χ1) is 15.0. The van der Waals surface area contributed by atoms with Crippen LogP contribution in [0.1, 0.15) is 16.7 Å². The van der Waals surface area contributed by atoms with Gasteiger partial charge < -0.3 is 4.74 Å². The molecule has 0 aromatic heterocycles. The number of rotatable bonds is 5. The number of benzene rings is 3. The largest absolute Gasteiger partial charge is 0.448 e. The summed E-state index contributed by atoms with van der Waals surface area (Å²) in [5, 5.41) is 11.9. The number of aryl methyl sites for hydroxylation is 1. The van der Waals surface area contributed by atoms with Gasteiger partial charge in [0, 0.05) is 17.3 Å². The van der Waals surface area contributed by atoms with Crippen molar-refractivity contribution in [1.29, 1.82) is 0 Å². The number of halogens is 6. The van der Waals surface area contributed by atoms with E-state index in [1.54, 1.807) is 24.4 Å². The van der Waals surface area contributed by atoms with E-state index in [0.717, 1.165) is 17.7 Å². The van der Waals surface area contributed by atoms with Gasteiger partial charge in [0.2, 0.25) is 5.75 Å². The Kier molecular flexibility index (Phi) is 7.26. The van der Waals surface area contributed by atoms with Gasteiger partial charge in [-0.25, -0.2) is 0 Å². The molecule has 0 saturated carbocycles. The summed E-state index contributed by atoms with van der Waals surface area (Å²) < 4.78 is 45.1. The van der Waals surface area contributed by atoms with Crippen molar-refractivity contribution < 1.29 is 22.8 Å². The minimum atomic E-state index is -4.72. The van der Waals surface area contributed by atoms with Gasteiger partial charge >= 0.3 is 11.9 Å². The maximum Gasteiger partial charge on any atom is 0.416 e. The average Bonchev–Trinajstić information content (AvgIpc) is 2.70. The van der Waals surface area contributed by atoms with Crippen LogP contribution >= 0.6 is 43.5 Å². The number of hydrogen-bond donors (Lipinski definition) is 0. The lowest BCUT2D eigenvalue weighted by Crippen LogP contribution is -2.06. The Bertz CT molecular complexity index is 1210. The lowest BCUT2D eigenvalue weighted by Gasteiger charge is -2.13. The first-order valence-electron chi connectivity index (χ1n) is 8.78. The van der Waals surface area contributed by atoms with Gasteiger partial charge in [-0.1, -0.05) is 17.7 Å². The quantitative estimate of drug-likeness (QED) is 0.169. The van der Waals surface area contributed by atoms with E-state index in [-0.39, 0.29) is 11.5 Å². The predicted octanol–water partition coefficient (Wildman–Crippen LogP) is 8.64. The second-order valence-electron chi connectivity index (χ2n) is 6.54. The van der Waals surface area contributed by atoms with E-state index in [4.69, 9.17) is 16.3 Å². The van der Waals surface area contributed by atoms with Gasteiger partial charge in [0.15, 0.2) is 5.75 Å². The summed E-state index contributed by atoms with van der Waals surface area (Å²) in [6, 6.07) is 10.7. The number of nitrogens with zero attached hydrogens (tertiary/aromatic N) is 2. The predicted molar refractivity (Wildman–Crippen MR) is 123 cm³/mol. The van der Waals surface area contributed by atoms with Crippen molar-refractivity contribution >= 4 is 61.1 Å². The zero-order valence-electron chi connectivity index (χ0n) is 16.1.